The van der Waals surface area contributed by atoms with Crippen LogP contribution in [0.15, 0.2) is 0 Å². The molecule has 0 aliphatic rings. The van der Waals surface area contributed by atoms with Crippen LogP contribution in [0.2, 0.25) is 0 Å². The molecule has 0 unspecified atom stereocenters. The molecule has 0 spiro atoms. The third-order valence-electron chi connectivity index (χ3n) is 3.18. The van der Waals surface area contributed by atoms with Gasteiger partial charge >= 0.3 is 0 Å². The molecule has 0 atom stereocenters. The summed E-state index contributed by atoms with van der Waals surface area (Å²) in [6.45, 7) is 3.62. The predicted molar refractivity (Wildman–Crippen MR) is 102 cm³/mol. The largest absolute Gasteiger partial charge is 1.00 e. The molecule has 0 fully saturated rings. The zero-order valence-electron chi connectivity index (χ0n) is 16.5. The van der Waals surface area contributed by atoms with Crippen LogP contribution in [0, 0.1) is 0 Å². The Bertz CT molecular complexity index is 178. The van der Waals surface area contributed by atoms with Gasteiger partial charge in [-0.1, -0.05) is 58.3 Å². The van der Waals surface area contributed by atoms with Crippen LogP contribution in [-0.4, -0.2) is 58.2 Å². The first kappa shape index (κ1) is 30.4. The van der Waals surface area contributed by atoms with Crippen molar-refractivity contribution in [3.63, 3.8) is 0 Å². The Morgan fingerprint density at radius 2 is 0.909 bits per heavy atom. The normalized spacial score (nSPS) is 10.4. The van der Waals surface area contributed by atoms with Gasteiger partial charge in [-0.2, -0.15) is 0 Å². The van der Waals surface area contributed by atoms with Gasteiger partial charge in [-0.3, -0.25) is 0 Å². The van der Waals surface area contributed by atoms with Gasteiger partial charge in [0.05, 0.1) is 27.7 Å². The number of hydrogen-bond acceptors (Lipinski definition) is 1. The summed E-state index contributed by atoms with van der Waals surface area (Å²) in [4.78, 5) is 2.00. The summed E-state index contributed by atoms with van der Waals surface area (Å²) in [5, 5.41) is 0. The van der Waals surface area contributed by atoms with Crippen molar-refractivity contribution < 1.29 is 16.9 Å². The monoisotopic (exact) mass is 358 g/mol. The number of rotatable bonds is 11. The fraction of sp³-hybridized carbons (Fsp3) is 1.00. The van der Waals surface area contributed by atoms with Crippen LogP contribution in [0.3, 0.4) is 0 Å². The fourth-order valence-corrected chi connectivity index (χ4v) is 2.07. The van der Waals surface area contributed by atoms with Crippen LogP contribution < -0.4 is 12.4 Å². The fourth-order valence-electron chi connectivity index (χ4n) is 2.07. The molecule has 0 saturated carbocycles. The van der Waals surface area contributed by atoms with Crippen LogP contribution in [0.25, 0.3) is 0 Å². The predicted octanol–water partition coefficient (Wildman–Crippen LogP) is 2.22. The minimum Gasteiger partial charge on any atom is -1.00 e. The molecule has 0 aromatic carbocycles. The second kappa shape index (κ2) is 21.5. The van der Waals surface area contributed by atoms with Crippen molar-refractivity contribution in [2.24, 2.45) is 0 Å². The van der Waals surface area contributed by atoms with Gasteiger partial charge in [0.25, 0.3) is 0 Å². The molecule has 0 heterocycles. The first-order chi connectivity index (χ1) is 9.29. The lowest BCUT2D eigenvalue weighted by Crippen LogP contribution is -3.00. The van der Waals surface area contributed by atoms with E-state index in [1.54, 1.807) is 0 Å². The van der Waals surface area contributed by atoms with E-state index < -0.39 is 0 Å². The number of quaternary nitrogens is 1. The van der Waals surface area contributed by atoms with Gasteiger partial charge in [0.15, 0.2) is 0 Å². The van der Waals surface area contributed by atoms with Crippen LogP contribution in [0.1, 0.15) is 71.1 Å². The van der Waals surface area contributed by atoms with Crippen LogP contribution in [0.5, 0.6) is 0 Å². The number of halogens is 2. The highest BCUT2D eigenvalue weighted by Crippen LogP contribution is 2.10. The minimum absolute atomic E-state index is 0. The standard InChI is InChI=1S/C15H34N.C3H9N.2ClH/c1-5-6-7-8-9-10-11-12-13-14-15-16(2,3)4;1-4(2)3;;/h5-15H2,1-4H3;1-3H3;2*1H/q+1;;;/p-1. The molecule has 0 N–H and O–H groups in total. The molecular formula is C18H44Cl2N2. The molecular weight excluding hydrogens is 315 g/mol. The van der Waals surface area contributed by atoms with Crippen molar-refractivity contribution in [2.75, 3.05) is 48.8 Å². The molecule has 0 aliphatic heterocycles. The van der Waals surface area contributed by atoms with Crippen molar-refractivity contribution in [3.8, 4) is 0 Å². The summed E-state index contributed by atoms with van der Waals surface area (Å²) < 4.78 is 1.12. The van der Waals surface area contributed by atoms with Gasteiger partial charge in [0.1, 0.15) is 0 Å². The Morgan fingerprint density at radius 3 is 1.18 bits per heavy atom. The van der Waals surface area contributed by atoms with Crippen molar-refractivity contribution in [2.45, 2.75) is 71.1 Å². The number of nitrogens with zero attached hydrogens (tertiary/aromatic N) is 2. The maximum Gasteiger partial charge on any atom is 0.0780 e. The van der Waals surface area contributed by atoms with Crippen molar-refractivity contribution in [1.82, 2.24) is 4.90 Å². The van der Waals surface area contributed by atoms with E-state index in [4.69, 9.17) is 0 Å². The molecule has 0 radical (unpaired) electrons. The summed E-state index contributed by atoms with van der Waals surface area (Å²) in [5.74, 6) is 0. The molecule has 22 heavy (non-hydrogen) atoms. The summed E-state index contributed by atoms with van der Waals surface area (Å²) in [5.41, 5.74) is 0. The highest BCUT2D eigenvalue weighted by Gasteiger charge is 2.04. The zero-order valence-corrected chi connectivity index (χ0v) is 18.0. The van der Waals surface area contributed by atoms with Crippen molar-refractivity contribution in [1.29, 1.82) is 0 Å². The van der Waals surface area contributed by atoms with E-state index in [9.17, 15) is 0 Å². The Morgan fingerprint density at radius 1 is 0.636 bits per heavy atom. The topological polar surface area (TPSA) is 3.24 Å². The van der Waals surface area contributed by atoms with Gasteiger partial charge in [-0.05, 0) is 34.0 Å². The average molecular weight is 359 g/mol. The summed E-state index contributed by atoms with van der Waals surface area (Å²) in [6, 6.07) is 0. The first-order valence-corrected chi connectivity index (χ1v) is 8.71. The molecule has 140 valence electrons. The van der Waals surface area contributed by atoms with Gasteiger partial charge < -0.3 is 21.8 Å². The van der Waals surface area contributed by atoms with Gasteiger partial charge in [-0.15, -0.1) is 12.4 Å². The maximum atomic E-state index is 2.29. The molecule has 0 aromatic rings. The van der Waals surface area contributed by atoms with E-state index in [1.165, 1.54) is 70.8 Å². The summed E-state index contributed by atoms with van der Waals surface area (Å²) in [6.07, 6.45) is 14.4. The van der Waals surface area contributed by atoms with Crippen molar-refractivity contribution in [3.05, 3.63) is 0 Å². The van der Waals surface area contributed by atoms with Gasteiger partial charge in [-0.25, -0.2) is 0 Å². The molecule has 0 aromatic heterocycles. The SMILES string of the molecule is CCCCCCCCCCCC[N+](C)(C)C.CN(C)C.Cl.[Cl-]. The van der Waals surface area contributed by atoms with E-state index in [-0.39, 0.29) is 24.8 Å². The van der Waals surface area contributed by atoms with E-state index in [1.807, 2.05) is 26.0 Å². The quantitative estimate of drug-likeness (QED) is 0.404. The van der Waals surface area contributed by atoms with Crippen LogP contribution >= 0.6 is 12.4 Å². The zero-order chi connectivity index (χ0) is 15.9. The third kappa shape index (κ3) is 42.8. The highest BCUT2D eigenvalue weighted by atomic mass is 35.5. The lowest BCUT2D eigenvalue weighted by molar-refractivity contribution is -0.870. The van der Waals surface area contributed by atoms with E-state index in [2.05, 4.69) is 28.1 Å². The maximum absolute atomic E-state index is 2.29. The van der Waals surface area contributed by atoms with Gasteiger partial charge in [0.2, 0.25) is 0 Å². The van der Waals surface area contributed by atoms with E-state index in [0.717, 1.165) is 4.48 Å². The first-order valence-electron chi connectivity index (χ1n) is 8.71. The lowest BCUT2D eigenvalue weighted by Gasteiger charge is -2.23. The number of unbranched alkanes of at least 4 members (excludes halogenated alkanes) is 9. The Kier molecular flexibility index (Phi) is 29.7. The minimum atomic E-state index is 0. The average Bonchev–Trinajstić information content (AvgIpc) is 2.29. The Labute approximate surface area is 154 Å². The van der Waals surface area contributed by atoms with E-state index in [0.29, 0.717) is 0 Å². The molecule has 2 nitrogen and oxygen atoms in total. The van der Waals surface area contributed by atoms with Crippen molar-refractivity contribution >= 4 is 12.4 Å². The Balaban J connectivity index is -0.000000240. The summed E-state index contributed by atoms with van der Waals surface area (Å²) >= 11 is 0. The highest BCUT2D eigenvalue weighted by molar-refractivity contribution is 5.85. The lowest BCUT2D eigenvalue weighted by atomic mass is 10.1. The molecule has 0 amide bonds. The molecule has 0 rings (SSSR count). The van der Waals surface area contributed by atoms with Crippen LogP contribution in [-0.2, 0) is 0 Å². The molecule has 4 heteroatoms. The number of hydrogen-bond donors (Lipinski definition) is 0. The van der Waals surface area contributed by atoms with Crippen LogP contribution in [0.4, 0.5) is 0 Å². The molecule has 0 bridgehead atoms. The molecule has 0 saturated heterocycles. The smallest absolute Gasteiger partial charge is 0.0780 e. The second-order valence-electron chi connectivity index (χ2n) is 7.54. The molecule has 0 aliphatic carbocycles. The van der Waals surface area contributed by atoms with E-state index >= 15 is 0 Å². The second-order valence-corrected chi connectivity index (χ2v) is 7.54. The Hall–Kier alpha value is 0.500. The summed E-state index contributed by atoms with van der Waals surface area (Å²) in [7, 11) is 12.9. The van der Waals surface area contributed by atoms with Gasteiger partial charge in [0, 0.05) is 0 Å². The third-order valence-corrected chi connectivity index (χ3v) is 3.18.